The molecule has 0 spiro atoms. The summed E-state index contributed by atoms with van der Waals surface area (Å²) in [4.78, 5) is 11.5. The van der Waals surface area contributed by atoms with Crippen LogP contribution in [0.5, 0.6) is 0 Å². The van der Waals surface area contributed by atoms with Crippen molar-refractivity contribution >= 4 is 17.3 Å². The first-order chi connectivity index (χ1) is 7.90. The van der Waals surface area contributed by atoms with Crippen molar-refractivity contribution in [1.82, 2.24) is 5.32 Å². The van der Waals surface area contributed by atoms with Gasteiger partial charge < -0.3 is 21.9 Å². The van der Waals surface area contributed by atoms with Crippen LogP contribution in [0.4, 0.5) is 20.2 Å². The standard InChI is InChI=1S/C10H13F2N3O2/c11-9(12)8(16)4-15-10(17)5-1-6(13)3-7(14)2-5/h1-3,8-9,16H,4,13-14H2,(H,15,17). The summed E-state index contributed by atoms with van der Waals surface area (Å²) < 4.78 is 23.9. The quantitative estimate of drug-likeness (QED) is 0.569. The van der Waals surface area contributed by atoms with Gasteiger partial charge in [0.2, 0.25) is 0 Å². The number of nitrogens with one attached hydrogen (secondary N) is 1. The summed E-state index contributed by atoms with van der Waals surface area (Å²) in [5, 5.41) is 11.0. The molecule has 0 aromatic heterocycles. The van der Waals surface area contributed by atoms with E-state index in [9.17, 15) is 13.6 Å². The van der Waals surface area contributed by atoms with Crippen molar-refractivity contribution in [3.63, 3.8) is 0 Å². The second kappa shape index (κ2) is 5.44. The molecule has 6 N–H and O–H groups in total. The van der Waals surface area contributed by atoms with Gasteiger partial charge in [-0.1, -0.05) is 0 Å². The average molecular weight is 245 g/mol. The van der Waals surface area contributed by atoms with E-state index in [1.54, 1.807) is 0 Å². The highest BCUT2D eigenvalue weighted by atomic mass is 19.3. The number of hydrogen-bond donors (Lipinski definition) is 4. The van der Waals surface area contributed by atoms with Gasteiger partial charge >= 0.3 is 0 Å². The Balaban J connectivity index is 2.64. The monoisotopic (exact) mass is 245 g/mol. The first-order valence-corrected chi connectivity index (χ1v) is 4.80. The van der Waals surface area contributed by atoms with Crippen molar-refractivity contribution in [2.45, 2.75) is 12.5 Å². The van der Waals surface area contributed by atoms with Crippen LogP contribution >= 0.6 is 0 Å². The van der Waals surface area contributed by atoms with Gasteiger partial charge in [-0.3, -0.25) is 4.79 Å². The summed E-state index contributed by atoms with van der Waals surface area (Å²) in [6.45, 7) is -0.537. The summed E-state index contributed by atoms with van der Waals surface area (Å²) in [6.07, 6.45) is -4.79. The van der Waals surface area contributed by atoms with Crippen LogP contribution in [0, 0.1) is 0 Å². The zero-order valence-corrected chi connectivity index (χ0v) is 8.86. The Morgan fingerprint density at radius 2 is 1.82 bits per heavy atom. The van der Waals surface area contributed by atoms with Gasteiger partial charge in [-0.2, -0.15) is 0 Å². The second-order valence-corrected chi connectivity index (χ2v) is 3.50. The number of amides is 1. The van der Waals surface area contributed by atoms with Crippen LogP contribution in [0.3, 0.4) is 0 Å². The zero-order chi connectivity index (χ0) is 13.0. The number of halogens is 2. The number of carbonyl (C=O) groups is 1. The third-order valence-corrected chi connectivity index (χ3v) is 2.00. The molecular formula is C10H13F2N3O2. The summed E-state index contributed by atoms with van der Waals surface area (Å²) in [6, 6.07) is 4.19. The number of carbonyl (C=O) groups excluding carboxylic acids is 1. The maximum atomic E-state index is 12.0. The second-order valence-electron chi connectivity index (χ2n) is 3.50. The number of benzene rings is 1. The number of anilines is 2. The molecule has 7 heteroatoms. The highest BCUT2D eigenvalue weighted by Crippen LogP contribution is 2.13. The molecule has 1 amide bonds. The fraction of sp³-hybridized carbons (Fsp3) is 0.300. The highest BCUT2D eigenvalue weighted by Gasteiger charge is 2.18. The third kappa shape index (κ3) is 3.87. The molecule has 5 nitrogen and oxygen atoms in total. The first kappa shape index (κ1) is 13.2. The number of rotatable bonds is 4. The number of nitrogen functional groups attached to an aromatic ring is 2. The van der Waals surface area contributed by atoms with Gasteiger partial charge in [0.15, 0.2) is 0 Å². The number of aliphatic hydroxyl groups excluding tert-OH is 1. The van der Waals surface area contributed by atoms with E-state index in [1.165, 1.54) is 18.2 Å². The summed E-state index contributed by atoms with van der Waals surface area (Å²) >= 11 is 0. The van der Waals surface area contributed by atoms with Crippen LogP contribution in [0.1, 0.15) is 10.4 Å². The van der Waals surface area contributed by atoms with Gasteiger partial charge in [-0.05, 0) is 18.2 Å². The van der Waals surface area contributed by atoms with Crippen LogP contribution < -0.4 is 16.8 Å². The minimum Gasteiger partial charge on any atom is -0.399 e. The van der Waals surface area contributed by atoms with Crippen molar-refractivity contribution in [3.8, 4) is 0 Å². The van der Waals surface area contributed by atoms with Crippen molar-refractivity contribution in [2.24, 2.45) is 0 Å². The third-order valence-electron chi connectivity index (χ3n) is 2.00. The lowest BCUT2D eigenvalue weighted by Crippen LogP contribution is -2.35. The van der Waals surface area contributed by atoms with E-state index in [0.717, 1.165) is 0 Å². The Hall–Kier alpha value is -1.89. The van der Waals surface area contributed by atoms with Crippen molar-refractivity contribution in [1.29, 1.82) is 0 Å². The zero-order valence-electron chi connectivity index (χ0n) is 8.86. The molecule has 1 rings (SSSR count). The fourth-order valence-corrected chi connectivity index (χ4v) is 1.20. The minimum absolute atomic E-state index is 0.156. The maximum absolute atomic E-state index is 12.0. The number of alkyl halides is 2. The Bertz CT molecular complexity index is 392. The van der Waals surface area contributed by atoms with Crippen LogP contribution in [0.15, 0.2) is 18.2 Å². The SMILES string of the molecule is Nc1cc(N)cc(C(=O)NCC(O)C(F)F)c1. The van der Waals surface area contributed by atoms with Crippen LogP contribution in [-0.4, -0.2) is 30.1 Å². The molecule has 1 aromatic carbocycles. The van der Waals surface area contributed by atoms with Crippen LogP contribution in [0.2, 0.25) is 0 Å². The predicted octanol–water partition coefficient (Wildman–Crippen LogP) is 0.207. The van der Waals surface area contributed by atoms with Crippen LogP contribution in [0.25, 0.3) is 0 Å². The molecule has 0 aliphatic carbocycles. The van der Waals surface area contributed by atoms with Crippen molar-refractivity contribution in [2.75, 3.05) is 18.0 Å². The number of hydrogen-bond acceptors (Lipinski definition) is 4. The fourth-order valence-electron chi connectivity index (χ4n) is 1.20. The predicted molar refractivity (Wildman–Crippen MR) is 59.6 cm³/mol. The van der Waals surface area contributed by atoms with Gasteiger partial charge in [0.05, 0.1) is 0 Å². The van der Waals surface area contributed by atoms with E-state index < -0.39 is 25.0 Å². The van der Waals surface area contributed by atoms with Crippen molar-refractivity contribution < 1.29 is 18.7 Å². The first-order valence-electron chi connectivity index (χ1n) is 4.80. The Kier molecular flexibility index (Phi) is 4.22. The van der Waals surface area contributed by atoms with E-state index >= 15 is 0 Å². The van der Waals surface area contributed by atoms with Crippen LogP contribution in [-0.2, 0) is 0 Å². The summed E-state index contributed by atoms with van der Waals surface area (Å²) in [7, 11) is 0. The van der Waals surface area contributed by atoms with Crippen molar-refractivity contribution in [3.05, 3.63) is 23.8 Å². The lowest BCUT2D eigenvalue weighted by molar-refractivity contribution is -0.00270. The molecule has 1 aromatic rings. The average Bonchev–Trinajstić information content (AvgIpc) is 2.23. The smallest absolute Gasteiger partial charge is 0.265 e. The van der Waals surface area contributed by atoms with Gasteiger partial charge in [0.1, 0.15) is 6.10 Å². The molecule has 0 radical (unpaired) electrons. The number of nitrogens with two attached hydrogens (primary N) is 2. The Morgan fingerprint density at radius 3 is 2.29 bits per heavy atom. The molecule has 0 saturated carbocycles. The van der Waals surface area contributed by atoms with E-state index in [1.807, 2.05) is 0 Å². The lowest BCUT2D eigenvalue weighted by Gasteiger charge is -2.11. The normalized spacial score (nSPS) is 12.5. The molecule has 0 heterocycles. The van der Waals surface area contributed by atoms with Gasteiger partial charge in [-0.15, -0.1) is 0 Å². The Labute approximate surface area is 96.4 Å². The molecule has 1 unspecified atom stereocenters. The minimum atomic E-state index is -2.90. The van der Waals surface area contributed by atoms with E-state index in [2.05, 4.69) is 5.32 Å². The largest absolute Gasteiger partial charge is 0.399 e. The highest BCUT2D eigenvalue weighted by molar-refractivity contribution is 5.96. The lowest BCUT2D eigenvalue weighted by atomic mass is 10.1. The van der Waals surface area contributed by atoms with E-state index in [4.69, 9.17) is 16.6 Å². The molecule has 94 valence electrons. The molecule has 17 heavy (non-hydrogen) atoms. The molecule has 0 bridgehead atoms. The molecule has 0 aliphatic heterocycles. The number of aliphatic hydroxyl groups is 1. The molecule has 0 fully saturated rings. The summed E-state index contributed by atoms with van der Waals surface area (Å²) in [5.41, 5.74) is 11.7. The van der Waals surface area contributed by atoms with E-state index in [-0.39, 0.29) is 5.56 Å². The maximum Gasteiger partial charge on any atom is 0.265 e. The molecule has 0 aliphatic rings. The van der Waals surface area contributed by atoms with E-state index in [0.29, 0.717) is 11.4 Å². The molecule has 1 atom stereocenters. The topological polar surface area (TPSA) is 101 Å². The van der Waals surface area contributed by atoms with Gasteiger partial charge in [0, 0.05) is 23.5 Å². The summed E-state index contributed by atoms with van der Waals surface area (Å²) in [5.74, 6) is -0.622. The molecule has 0 saturated heterocycles. The molecular weight excluding hydrogens is 232 g/mol. The van der Waals surface area contributed by atoms with Gasteiger partial charge in [0.25, 0.3) is 12.3 Å². The van der Waals surface area contributed by atoms with Gasteiger partial charge in [-0.25, -0.2) is 8.78 Å². The Morgan fingerprint density at radius 1 is 1.29 bits per heavy atom.